The molecule has 0 aromatic carbocycles. The maximum Gasteiger partial charge on any atom is 0.241 e. The average molecular weight is 239 g/mol. The summed E-state index contributed by atoms with van der Waals surface area (Å²) in [6, 6.07) is 0. The molecular weight excluding hydrogens is 222 g/mol. The third-order valence-electron chi connectivity index (χ3n) is 2.71. The number of nitrogens with one attached hydrogen (secondary N) is 1. The van der Waals surface area contributed by atoms with E-state index in [9.17, 15) is 4.79 Å². The van der Waals surface area contributed by atoms with Crippen molar-refractivity contribution in [3.8, 4) is 0 Å². The molecule has 1 saturated heterocycles. The molecule has 0 aliphatic carbocycles. The van der Waals surface area contributed by atoms with E-state index in [1.165, 1.54) is 4.68 Å². The first-order chi connectivity index (χ1) is 8.28. The molecule has 1 aliphatic heterocycles. The largest absolute Gasteiger partial charge is 0.381 e. The first kappa shape index (κ1) is 12.0. The van der Waals surface area contributed by atoms with Crippen molar-refractivity contribution in [3.63, 3.8) is 0 Å². The summed E-state index contributed by atoms with van der Waals surface area (Å²) in [6.45, 7) is 2.71. The Morgan fingerprint density at radius 1 is 1.71 bits per heavy atom. The fourth-order valence-corrected chi connectivity index (χ4v) is 1.71. The van der Waals surface area contributed by atoms with Crippen molar-refractivity contribution in [1.82, 2.24) is 20.3 Å². The van der Waals surface area contributed by atoms with Crippen molar-refractivity contribution < 1.29 is 9.53 Å². The van der Waals surface area contributed by atoms with Crippen molar-refractivity contribution in [1.29, 1.82) is 0 Å². The van der Waals surface area contributed by atoms with Crippen molar-refractivity contribution in [2.45, 2.75) is 19.5 Å². The van der Waals surface area contributed by atoms with Crippen LogP contribution in [0, 0.1) is 5.92 Å². The minimum atomic E-state index is -0.0645. The van der Waals surface area contributed by atoms with E-state index in [1.54, 1.807) is 6.20 Å². The Balaban J connectivity index is 1.72. The normalized spacial score (nSPS) is 19.5. The van der Waals surface area contributed by atoms with Gasteiger partial charge in [0.1, 0.15) is 6.54 Å². The third-order valence-corrected chi connectivity index (χ3v) is 2.71. The van der Waals surface area contributed by atoms with Gasteiger partial charge in [0.15, 0.2) is 0 Å². The number of carbonyl (C=O) groups excluding carboxylic acids is 1. The second kappa shape index (κ2) is 5.74. The topological polar surface area (TPSA) is 95.1 Å². The highest BCUT2D eigenvalue weighted by Crippen LogP contribution is 2.10. The molecule has 0 saturated carbocycles. The molecule has 3 N–H and O–H groups in total. The number of hydrogen-bond donors (Lipinski definition) is 2. The summed E-state index contributed by atoms with van der Waals surface area (Å²) in [5, 5.41) is 10.5. The van der Waals surface area contributed by atoms with Crippen molar-refractivity contribution in [3.05, 3.63) is 11.9 Å². The van der Waals surface area contributed by atoms with Crippen LogP contribution in [0.25, 0.3) is 0 Å². The summed E-state index contributed by atoms with van der Waals surface area (Å²) in [5.74, 6) is 0.375. The van der Waals surface area contributed by atoms with Gasteiger partial charge < -0.3 is 15.8 Å². The van der Waals surface area contributed by atoms with Gasteiger partial charge in [-0.25, -0.2) is 4.68 Å². The molecule has 1 atom stereocenters. The molecule has 17 heavy (non-hydrogen) atoms. The second-order valence-electron chi connectivity index (χ2n) is 4.15. The van der Waals surface area contributed by atoms with E-state index in [2.05, 4.69) is 15.6 Å². The van der Waals surface area contributed by atoms with E-state index in [0.717, 1.165) is 19.6 Å². The number of nitrogens with two attached hydrogens (primary N) is 1. The Kier molecular flexibility index (Phi) is 4.05. The summed E-state index contributed by atoms with van der Waals surface area (Å²) >= 11 is 0. The van der Waals surface area contributed by atoms with Gasteiger partial charge >= 0.3 is 0 Å². The summed E-state index contributed by atoms with van der Waals surface area (Å²) in [7, 11) is 0. The van der Waals surface area contributed by atoms with Crippen LogP contribution in [0.3, 0.4) is 0 Å². The Morgan fingerprint density at radius 3 is 3.24 bits per heavy atom. The highest BCUT2D eigenvalue weighted by molar-refractivity contribution is 5.75. The Hall–Kier alpha value is -1.47. The quantitative estimate of drug-likeness (QED) is 0.679. The first-order valence-corrected chi connectivity index (χ1v) is 5.71. The van der Waals surface area contributed by atoms with E-state index in [0.29, 0.717) is 24.7 Å². The Bertz CT molecular complexity index is 373. The number of carbonyl (C=O) groups is 1. The van der Waals surface area contributed by atoms with Gasteiger partial charge in [-0.3, -0.25) is 4.79 Å². The molecule has 1 aromatic heterocycles. The van der Waals surface area contributed by atoms with Gasteiger partial charge in [-0.15, -0.1) is 5.10 Å². The highest BCUT2D eigenvalue weighted by Gasteiger charge is 2.16. The van der Waals surface area contributed by atoms with Crippen LogP contribution in [0.4, 0.5) is 0 Å². The molecular formula is C10H17N5O2. The van der Waals surface area contributed by atoms with Crippen molar-refractivity contribution in [2.24, 2.45) is 11.7 Å². The lowest BCUT2D eigenvalue weighted by Gasteiger charge is -2.08. The van der Waals surface area contributed by atoms with Crippen LogP contribution in [0.1, 0.15) is 12.1 Å². The van der Waals surface area contributed by atoms with Gasteiger partial charge in [0.05, 0.1) is 18.5 Å². The van der Waals surface area contributed by atoms with Gasteiger partial charge in [0.25, 0.3) is 0 Å². The fourth-order valence-electron chi connectivity index (χ4n) is 1.71. The number of nitrogens with zero attached hydrogens (tertiary/aromatic N) is 3. The SMILES string of the molecule is NCc1cn(CC(=O)NCC2CCOC2)nn1. The van der Waals surface area contributed by atoms with Gasteiger partial charge in [0.2, 0.25) is 5.91 Å². The number of rotatable bonds is 5. The fraction of sp³-hybridized carbons (Fsp3) is 0.700. The van der Waals surface area contributed by atoms with Crippen LogP contribution in [0.15, 0.2) is 6.20 Å². The monoisotopic (exact) mass is 239 g/mol. The van der Waals surface area contributed by atoms with E-state index in [-0.39, 0.29) is 12.5 Å². The van der Waals surface area contributed by atoms with Crippen LogP contribution < -0.4 is 11.1 Å². The predicted octanol–water partition coefficient (Wildman–Crippen LogP) is -1.11. The summed E-state index contributed by atoms with van der Waals surface area (Å²) < 4.78 is 6.72. The van der Waals surface area contributed by atoms with Crippen molar-refractivity contribution in [2.75, 3.05) is 19.8 Å². The van der Waals surface area contributed by atoms with E-state index < -0.39 is 0 Å². The number of amides is 1. The van der Waals surface area contributed by atoms with Crippen LogP contribution in [-0.4, -0.2) is 40.7 Å². The Morgan fingerprint density at radius 2 is 2.59 bits per heavy atom. The van der Waals surface area contributed by atoms with E-state index >= 15 is 0 Å². The van der Waals surface area contributed by atoms with Crippen LogP contribution in [0.2, 0.25) is 0 Å². The van der Waals surface area contributed by atoms with Crippen LogP contribution in [-0.2, 0) is 22.6 Å². The van der Waals surface area contributed by atoms with E-state index in [4.69, 9.17) is 10.5 Å². The zero-order chi connectivity index (χ0) is 12.1. The molecule has 0 spiro atoms. The molecule has 2 heterocycles. The minimum absolute atomic E-state index is 0.0645. The summed E-state index contributed by atoms with van der Waals surface area (Å²) in [5.41, 5.74) is 6.09. The third kappa shape index (κ3) is 3.50. The average Bonchev–Trinajstić information content (AvgIpc) is 2.97. The molecule has 1 aliphatic rings. The standard InChI is InChI=1S/C10H17N5O2/c11-3-9-5-15(14-13-9)6-10(16)12-4-8-1-2-17-7-8/h5,8H,1-4,6-7,11H2,(H,12,16). The number of ether oxygens (including phenoxy) is 1. The van der Waals surface area contributed by atoms with Gasteiger partial charge in [-0.1, -0.05) is 5.21 Å². The predicted molar refractivity (Wildman–Crippen MR) is 59.8 cm³/mol. The molecule has 1 aromatic rings. The maximum atomic E-state index is 11.6. The first-order valence-electron chi connectivity index (χ1n) is 5.71. The van der Waals surface area contributed by atoms with Gasteiger partial charge in [-0.05, 0) is 6.42 Å². The van der Waals surface area contributed by atoms with E-state index in [1.807, 2.05) is 0 Å². The number of aromatic nitrogens is 3. The van der Waals surface area contributed by atoms with Gasteiger partial charge in [0, 0.05) is 25.6 Å². The summed E-state index contributed by atoms with van der Waals surface area (Å²) in [6.07, 6.45) is 2.69. The zero-order valence-corrected chi connectivity index (χ0v) is 9.63. The molecule has 1 unspecified atom stereocenters. The summed E-state index contributed by atoms with van der Waals surface area (Å²) in [4.78, 5) is 11.6. The molecule has 94 valence electrons. The maximum absolute atomic E-state index is 11.6. The lowest BCUT2D eigenvalue weighted by molar-refractivity contribution is -0.122. The highest BCUT2D eigenvalue weighted by atomic mass is 16.5. The molecule has 2 rings (SSSR count). The lowest BCUT2D eigenvalue weighted by atomic mass is 10.1. The lowest BCUT2D eigenvalue weighted by Crippen LogP contribution is -2.32. The molecule has 1 amide bonds. The van der Waals surface area contributed by atoms with Crippen LogP contribution in [0.5, 0.6) is 0 Å². The molecule has 7 nitrogen and oxygen atoms in total. The molecule has 0 bridgehead atoms. The smallest absolute Gasteiger partial charge is 0.241 e. The molecule has 0 radical (unpaired) electrons. The zero-order valence-electron chi connectivity index (χ0n) is 9.63. The van der Waals surface area contributed by atoms with Crippen molar-refractivity contribution >= 4 is 5.91 Å². The minimum Gasteiger partial charge on any atom is -0.381 e. The van der Waals surface area contributed by atoms with Gasteiger partial charge in [-0.2, -0.15) is 0 Å². The molecule has 1 fully saturated rings. The number of hydrogen-bond acceptors (Lipinski definition) is 5. The van der Waals surface area contributed by atoms with Crippen LogP contribution >= 0.6 is 0 Å². The molecule has 7 heteroatoms. The second-order valence-corrected chi connectivity index (χ2v) is 4.15. The Labute approximate surface area is 99.3 Å².